The molecule has 0 bridgehead atoms. The van der Waals surface area contributed by atoms with Crippen LogP contribution in [0.4, 0.5) is 0 Å². The lowest BCUT2D eigenvalue weighted by Gasteiger charge is -2.38. The molecule has 2 saturated heterocycles. The van der Waals surface area contributed by atoms with E-state index >= 15 is 0 Å². The number of nitriles is 1. The van der Waals surface area contributed by atoms with Crippen LogP contribution in [0.1, 0.15) is 19.3 Å². The Balaban J connectivity index is 1.82. The molecular formula is C12H21N3O. The highest BCUT2D eigenvalue weighted by Gasteiger charge is 2.24. The summed E-state index contributed by atoms with van der Waals surface area (Å²) in [6.07, 6.45) is 3.82. The summed E-state index contributed by atoms with van der Waals surface area (Å²) in [6.45, 7) is 6.65. The molecule has 0 amide bonds. The molecule has 16 heavy (non-hydrogen) atoms. The molecule has 2 heterocycles. The number of morpholine rings is 1. The van der Waals surface area contributed by atoms with Crippen molar-refractivity contribution in [1.29, 1.82) is 5.26 Å². The Hall–Kier alpha value is -0.630. The lowest BCUT2D eigenvalue weighted by atomic mass is 10.0. The second-order valence-corrected chi connectivity index (χ2v) is 4.69. The van der Waals surface area contributed by atoms with Crippen LogP contribution in [0, 0.1) is 11.3 Å². The molecule has 0 radical (unpaired) electrons. The van der Waals surface area contributed by atoms with Gasteiger partial charge in [0.25, 0.3) is 0 Å². The zero-order chi connectivity index (χ0) is 11.2. The molecular weight excluding hydrogens is 202 g/mol. The Kier molecular flexibility index (Phi) is 4.58. The highest BCUT2D eigenvalue weighted by molar-refractivity contribution is 4.86. The van der Waals surface area contributed by atoms with Crippen LogP contribution in [0.2, 0.25) is 0 Å². The van der Waals surface area contributed by atoms with Gasteiger partial charge in [-0.25, -0.2) is 0 Å². The molecule has 2 aliphatic heterocycles. The molecule has 1 atom stereocenters. The molecule has 4 heteroatoms. The molecule has 0 aliphatic carbocycles. The second kappa shape index (κ2) is 6.19. The summed E-state index contributed by atoms with van der Waals surface area (Å²) >= 11 is 0. The largest absolute Gasteiger partial charge is 0.379 e. The van der Waals surface area contributed by atoms with E-state index in [1.54, 1.807) is 0 Å². The summed E-state index contributed by atoms with van der Waals surface area (Å²) in [5.41, 5.74) is 0. The van der Waals surface area contributed by atoms with Crippen LogP contribution in [0.3, 0.4) is 0 Å². The number of likely N-dealkylation sites (tertiary alicyclic amines) is 1. The smallest absolute Gasteiger partial charge is 0.0868 e. The third-order valence-corrected chi connectivity index (χ3v) is 3.60. The number of hydrogen-bond acceptors (Lipinski definition) is 4. The van der Waals surface area contributed by atoms with Gasteiger partial charge in [0.15, 0.2) is 0 Å². The Morgan fingerprint density at radius 3 is 2.75 bits per heavy atom. The fourth-order valence-electron chi connectivity index (χ4n) is 2.65. The molecule has 4 nitrogen and oxygen atoms in total. The van der Waals surface area contributed by atoms with Crippen molar-refractivity contribution in [2.75, 3.05) is 45.9 Å². The average Bonchev–Trinajstić information content (AvgIpc) is 2.33. The van der Waals surface area contributed by atoms with Gasteiger partial charge in [0.05, 0.1) is 25.8 Å². The van der Waals surface area contributed by atoms with Gasteiger partial charge in [-0.05, 0) is 19.4 Å². The van der Waals surface area contributed by atoms with Gasteiger partial charge in [-0.3, -0.25) is 9.80 Å². The van der Waals surface area contributed by atoms with Crippen LogP contribution in [-0.2, 0) is 4.74 Å². The highest BCUT2D eigenvalue weighted by Crippen LogP contribution is 2.17. The zero-order valence-electron chi connectivity index (χ0n) is 9.90. The van der Waals surface area contributed by atoms with Gasteiger partial charge >= 0.3 is 0 Å². The summed E-state index contributed by atoms with van der Waals surface area (Å²) in [4.78, 5) is 4.82. The summed E-state index contributed by atoms with van der Waals surface area (Å²) in [5, 5.41) is 8.82. The van der Waals surface area contributed by atoms with E-state index in [9.17, 15) is 0 Å². The van der Waals surface area contributed by atoms with Crippen LogP contribution < -0.4 is 0 Å². The third kappa shape index (κ3) is 3.18. The number of nitrogens with zero attached hydrogens (tertiary/aromatic N) is 3. The number of rotatable bonds is 3. The van der Waals surface area contributed by atoms with E-state index in [-0.39, 0.29) is 0 Å². The first-order chi connectivity index (χ1) is 7.90. The number of ether oxygens (including phenoxy) is 1. The monoisotopic (exact) mass is 223 g/mol. The van der Waals surface area contributed by atoms with Crippen LogP contribution in [0.5, 0.6) is 0 Å². The number of hydrogen-bond donors (Lipinski definition) is 0. The molecule has 1 unspecified atom stereocenters. The third-order valence-electron chi connectivity index (χ3n) is 3.60. The topological polar surface area (TPSA) is 39.5 Å². The van der Waals surface area contributed by atoms with Crippen LogP contribution in [0.15, 0.2) is 0 Å². The maximum Gasteiger partial charge on any atom is 0.0868 e. The number of piperidine rings is 1. The summed E-state index contributed by atoms with van der Waals surface area (Å²) < 4.78 is 5.36. The van der Waals surface area contributed by atoms with E-state index in [1.807, 2.05) is 0 Å². The minimum absolute atomic E-state index is 0.589. The Bertz CT molecular complexity index is 245. The first-order valence-electron chi connectivity index (χ1n) is 6.31. The fourth-order valence-corrected chi connectivity index (χ4v) is 2.65. The zero-order valence-corrected chi connectivity index (χ0v) is 9.90. The molecule has 90 valence electrons. The highest BCUT2D eigenvalue weighted by atomic mass is 16.5. The van der Waals surface area contributed by atoms with Crippen LogP contribution in [0.25, 0.3) is 0 Å². The predicted molar refractivity (Wildman–Crippen MR) is 62.1 cm³/mol. The lowest BCUT2D eigenvalue weighted by Crippen LogP contribution is -2.49. The van der Waals surface area contributed by atoms with Gasteiger partial charge in [-0.2, -0.15) is 5.26 Å². The van der Waals surface area contributed by atoms with E-state index in [1.165, 1.54) is 19.3 Å². The summed E-state index contributed by atoms with van der Waals surface area (Å²) in [7, 11) is 0. The normalized spacial score (nSPS) is 28.8. The van der Waals surface area contributed by atoms with Gasteiger partial charge in [-0.15, -0.1) is 0 Å². The SMILES string of the molecule is N#CCN1CCCCC1CN1CCOCC1. The maximum atomic E-state index is 8.82. The summed E-state index contributed by atoms with van der Waals surface area (Å²) in [6, 6.07) is 2.88. The molecule has 2 aliphatic rings. The standard InChI is InChI=1S/C12H21N3O/c13-4-6-15-5-2-1-3-12(15)11-14-7-9-16-10-8-14/h12H,1-3,5-11H2. The van der Waals surface area contributed by atoms with Crippen LogP contribution >= 0.6 is 0 Å². The second-order valence-electron chi connectivity index (χ2n) is 4.69. The average molecular weight is 223 g/mol. The van der Waals surface area contributed by atoms with Crippen molar-refractivity contribution in [3.8, 4) is 6.07 Å². The van der Waals surface area contributed by atoms with Crippen molar-refractivity contribution < 1.29 is 4.74 Å². The van der Waals surface area contributed by atoms with Crippen molar-refractivity contribution in [2.45, 2.75) is 25.3 Å². The maximum absolute atomic E-state index is 8.82. The van der Waals surface area contributed by atoms with Gasteiger partial charge in [0.2, 0.25) is 0 Å². The molecule has 0 N–H and O–H groups in total. The predicted octanol–water partition coefficient (Wildman–Crippen LogP) is 0.697. The Morgan fingerprint density at radius 2 is 2.00 bits per heavy atom. The van der Waals surface area contributed by atoms with Crippen molar-refractivity contribution in [1.82, 2.24) is 9.80 Å². The fraction of sp³-hybridized carbons (Fsp3) is 0.917. The lowest BCUT2D eigenvalue weighted by molar-refractivity contribution is 0.0188. The van der Waals surface area contributed by atoms with E-state index in [0.29, 0.717) is 12.6 Å². The van der Waals surface area contributed by atoms with Gasteiger partial charge in [0.1, 0.15) is 0 Å². The van der Waals surface area contributed by atoms with Crippen LogP contribution in [-0.4, -0.2) is 61.8 Å². The molecule has 0 aromatic carbocycles. The Morgan fingerprint density at radius 1 is 1.19 bits per heavy atom. The molecule has 2 rings (SSSR count). The molecule has 0 spiro atoms. The van der Waals surface area contributed by atoms with Gasteiger partial charge in [0, 0.05) is 25.7 Å². The van der Waals surface area contributed by atoms with Gasteiger partial charge < -0.3 is 4.74 Å². The van der Waals surface area contributed by atoms with Crippen molar-refractivity contribution in [2.24, 2.45) is 0 Å². The Labute approximate surface area is 97.8 Å². The minimum Gasteiger partial charge on any atom is -0.379 e. The quantitative estimate of drug-likeness (QED) is 0.660. The van der Waals surface area contributed by atoms with E-state index in [4.69, 9.17) is 10.00 Å². The van der Waals surface area contributed by atoms with E-state index in [2.05, 4.69) is 15.9 Å². The minimum atomic E-state index is 0.589. The van der Waals surface area contributed by atoms with Gasteiger partial charge in [-0.1, -0.05) is 6.42 Å². The first-order valence-corrected chi connectivity index (χ1v) is 6.31. The molecule has 0 saturated carbocycles. The van der Waals surface area contributed by atoms with E-state index in [0.717, 1.165) is 39.4 Å². The van der Waals surface area contributed by atoms with E-state index < -0.39 is 0 Å². The first kappa shape index (κ1) is 11.8. The summed E-state index contributed by atoms with van der Waals surface area (Å²) in [5.74, 6) is 0. The molecule has 0 aromatic rings. The molecule has 2 fully saturated rings. The van der Waals surface area contributed by atoms with Crippen molar-refractivity contribution in [3.05, 3.63) is 0 Å². The van der Waals surface area contributed by atoms with Crippen molar-refractivity contribution in [3.63, 3.8) is 0 Å². The van der Waals surface area contributed by atoms with Crippen molar-refractivity contribution >= 4 is 0 Å². The molecule has 0 aromatic heterocycles.